The van der Waals surface area contributed by atoms with Crippen molar-refractivity contribution in [3.63, 3.8) is 0 Å². The number of carbonyl (C=O) groups excluding carboxylic acids is 2. The third-order valence-electron chi connectivity index (χ3n) is 5.71. The summed E-state index contributed by atoms with van der Waals surface area (Å²) in [5.74, 6) is -0.0418. The van der Waals surface area contributed by atoms with Gasteiger partial charge in [-0.3, -0.25) is 9.59 Å². The van der Waals surface area contributed by atoms with Gasteiger partial charge in [0.25, 0.3) is 11.8 Å². The van der Waals surface area contributed by atoms with Gasteiger partial charge in [0.1, 0.15) is 5.00 Å². The molecule has 2 aliphatic rings. The van der Waals surface area contributed by atoms with Gasteiger partial charge in [-0.1, -0.05) is 18.2 Å². The maximum Gasteiger partial charge on any atom is 0.257 e. The number of fused-ring (bicyclic) bond motifs is 1. The Morgan fingerprint density at radius 2 is 1.85 bits per heavy atom. The van der Waals surface area contributed by atoms with Gasteiger partial charge in [-0.2, -0.15) is 0 Å². The van der Waals surface area contributed by atoms with Gasteiger partial charge in [-0.15, -0.1) is 11.3 Å². The highest BCUT2D eigenvalue weighted by Crippen LogP contribution is 2.39. The molecule has 1 saturated heterocycles. The van der Waals surface area contributed by atoms with Crippen molar-refractivity contribution in [3.05, 3.63) is 51.9 Å². The minimum atomic E-state index is -0.144. The first-order chi connectivity index (χ1) is 13.1. The fourth-order valence-corrected chi connectivity index (χ4v) is 5.46. The van der Waals surface area contributed by atoms with E-state index in [-0.39, 0.29) is 17.9 Å². The number of nitrogens with one attached hydrogen (secondary N) is 1. The molecule has 1 fully saturated rings. The summed E-state index contributed by atoms with van der Waals surface area (Å²) >= 11 is 1.60. The number of hydrogen-bond donors (Lipinski definition) is 1. The summed E-state index contributed by atoms with van der Waals surface area (Å²) in [5, 5.41) is 3.79. The average molecular weight is 383 g/mol. The molecule has 2 aromatic rings. The number of nitrogens with zero attached hydrogens (tertiary/aromatic N) is 1. The van der Waals surface area contributed by atoms with Gasteiger partial charge in [0.15, 0.2) is 0 Å². The second kappa shape index (κ2) is 7.85. The third-order valence-corrected chi connectivity index (χ3v) is 6.92. The topological polar surface area (TPSA) is 49.4 Å². The lowest BCUT2D eigenvalue weighted by Crippen LogP contribution is -2.42. The monoisotopic (exact) mass is 382 g/mol. The molecule has 2 amide bonds. The molecule has 1 N–H and O–H groups in total. The summed E-state index contributed by atoms with van der Waals surface area (Å²) in [6.07, 6.45) is 7.54. The van der Waals surface area contributed by atoms with E-state index in [1.165, 1.54) is 16.9 Å². The second-order valence-electron chi connectivity index (χ2n) is 7.58. The van der Waals surface area contributed by atoms with Gasteiger partial charge in [0.05, 0.1) is 5.56 Å². The molecular formula is C22H26N2O2S. The van der Waals surface area contributed by atoms with E-state index in [0.717, 1.165) is 55.6 Å². The van der Waals surface area contributed by atoms with Crippen molar-refractivity contribution in [2.45, 2.75) is 57.9 Å². The van der Waals surface area contributed by atoms with Gasteiger partial charge in [-0.25, -0.2) is 0 Å². The van der Waals surface area contributed by atoms with E-state index in [0.29, 0.717) is 5.56 Å². The summed E-state index contributed by atoms with van der Waals surface area (Å²) in [5.41, 5.74) is 2.55. The number of amides is 2. The number of likely N-dealkylation sites (tertiary alicyclic amines) is 1. The highest BCUT2D eigenvalue weighted by atomic mass is 32.1. The van der Waals surface area contributed by atoms with Crippen LogP contribution in [0.2, 0.25) is 0 Å². The van der Waals surface area contributed by atoms with Crippen LogP contribution in [0.4, 0.5) is 5.00 Å². The molecule has 142 valence electrons. The average Bonchev–Trinajstić information content (AvgIpc) is 3.06. The fourth-order valence-electron chi connectivity index (χ4n) is 4.19. The van der Waals surface area contributed by atoms with Crippen molar-refractivity contribution in [2.75, 3.05) is 11.9 Å². The highest BCUT2D eigenvalue weighted by molar-refractivity contribution is 7.17. The first-order valence-corrected chi connectivity index (χ1v) is 10.8. The molecule has 0 saturated carbocycles. The van der Waals surface area contributed by atoms with Crippen molar-refractivity contribution >= 4 is 28.2 Å². The number of piperidine rings is 1. The van der Waals surface area contributed by atoms with E-state index < -0.39 is 0 Å². The molecule has 0 bridgehead atoms. The molecule has 4 rings (SSSR count). The zero-order valence-corrected chi connectivity index (χ0v) is 16.6. The van der Waals surface area contributed by atoms with Gasteiger partial charge < -0.3 is 10.2 Å². The van der Waals surface area contributed by atoms with Crippen LogP contribution in [0.5, 0.6) is 0 Å². The molecule has 0 spiro atoms. The highest BCUT2D eigenvalue weighted by Gasteiger charge is 2.32. The quantitative estimate of drug-likeness (QED) is 0.821. The van der Waals surface area contributed by atoms with Crippen LogP contribution in [0.3, 0.4) is 0 Å². The summed E-state index contributed by atoms with van der Waals surface area (Å²) in [6.45, 7) is 2.95. The SMILES string of the molecule is C[C@H]1CCCCN1C(=O)c1c(NC(=O)c2ccccc2)sc2c1CCCC2. The summed E-state index contributed by atoms with van der Waals surface area (Å²) in [4.78, 5) is 29.5. The molecule has 1 aromatic heterocycles. The molecular weight excluding hydrogens is 356 g/mol. The van der Waals surface area contributed by atoms with Crippen molar-refractivity contribution in [1.29, 1.82) is 0 Å². The number of benzene rings is 1. The van der Waals surface area contributed by atoms with E-state index in [1.807, 2.05) is 23.1 Å². The van der Waals surface area contributed by atoms with Crippen LogP contribution in [0.25, 0.3) is 0 Å². The Bertz CT molecular complexity index is 843. The van der Waals surface area contributed by atoms with E-state index in [2.05, 4.69) is 12.2 Å². The van der Waals surface area contributed by atoms with Gasteiger partial charge in [0.2, 0.25) is 0 Å². The summed E-state index contributed by atoms with van der Waals surface area (Å²) in [7, 11) is 0. The molecule has 1 aliphatic carbocycles. The van der Waals surface area contributed by atoms with Gasteiger partial charge in [0, 0.05) is 23.0 Å². The van der Waals surface area contributed by atoms with Crippen LogP contribution in [-0.2, 0) is 12.8 Å². The number of hydrogen-bond acceptors (Lipinski definition) is 3. The van der Waals surface area contributed by atoms with Crippen molar-refractivity contribution in [2.24, 2.45) is 0 Å². The van der Waals surface area contributed by atoms with Crippen molar-refractivity contribution < 1.29 is 9.59 Å². The Labute approximate surface area is 164 Å². The van der Waals surface area contributed by atoms with Crippen LogP contribution in [-0.4, -0.2) is 29.3 Å². The minimum absolute atomic E-state index is 0.102. The Morgan fingerprint density at radius 3 is 2.63 bits per heavy atom. The lowest BCUT2D eigenvalue weighted by Gasteiger charge is -2.34. The van der Waals surface area contributed by atoms with Crippen LogP contribution in [0.1, 0.15) is 70.2 Å². The third kappa shape index (κ3) is 3.65. The minimum Gasteiger partial charge on any atom is -0.336 e. The van der Waals surface area contributed by atoms with Gasteiger partial charge in [-0.05, 0) is 69.6 Å². The number of anilines is 1. The predicted molar refractivity (Wildman–Crippen MR) is 110 cm³/mol. The van der Waals surface area contributed by atoms with E-state index in [1.54, 1.807) is 23.5 Å². The van der Waals surface area contributed by atoms with Crippen molar-refractivity contribution in [1.82, 2.24) is 4.90 Å². The zero-order valence-electron chi connectivity index (χ0n) is 15.8. The molecule has 0 unspecified atom stereocenters. The molecule has 1 aromatic carbocycles. The maximum absolute atomic E-state index is 13.5. The van der Waals surface area contributed by atoms with Crippen molar-refractivity contribution in [3.8, 4) is 0 Å². The number of aryl methyl sites for hydroxylation is 1. The smallest absolute Gasteiger partial charge is 0.257 e. The molecule has 1 aliphatic heterocycles. The Balaban J connectivity index is 1.68. The fraction of sp³-hybridized carbons (Fsp3) is 0.455. The second-order valence-corrected chi connectivity index (χ2v) is 8.68. The van der Waals surface area contributed by atoms with Gasteiger partial charge >= 0.3 is 0 Å². The molecule has 27 heavy (non-hydrogen) atoms. The largest absolute Gasteiger partial charge is 0.336 e. The van der Waals surface area contributed by atoms with E-state index in [9.17, 15) is 9.59 Å². The lowest BCUT2D eigenvalue weighted by molar-refractivity contribution is 0.0636. The molecule has 0 radical (unpaired) electrons. The Hall–Kier alpha value is -2.14. The van der Waals surface area contributed by atoms with Crippen LogP contribution in [0.15, 0.2) is 30.3 Å². The lowest BCUT2D eigenvalue weighted by atomic mass is 9.94. The number of thiophene rings is 1. The number of rotatable bonds is 3. The Kier molecular flexibility index (Phi) is 5.30. The van der Waals surface area contributed by atoms with Crippen LogP contribution >= 0.6 is 11.3 Å². The Morgan fingerprint density at radius 1 is 1.07 bits per heavy atom. The summed E-state index contributed by atoms with van der Waals surface area (Å²) < 4.78 is 0. The predicted octanol–water partition coefficient (Wildman–Crippen LogP) is 4.89. The molecule has 2 heterocycles. The molecule has 1 atom stereocenters. The van der Waals surface area contributed by atoms with Crippen LogP contribution < -0.4 is 5.32 Å². The van der Waals surface area contributed by atoms with E-state index in [4.69, 9.17) is 0 Å². The first-order valence-electron chi connectivity index (χ1n) is 9.97. The van der Waals surface area contributed by atoms with E-state index >= 15 is 0 Å². The maximum atomic E-state index is 13.5. The number of carbonyl (C=O) groups is 2. The van der Waals surface area contributed by atoms with Crippen LogP contribution in [0, 0.1) is 0 Å². The zero-order chi connectivity index (χ0) is 18.8. The molecule has 5 heteroatoms. The first kappa shape index (κ1) is 18.2. The normalized spacial score (nSPS) is 19.4. The standard InChI is InChI=1S/C22H26N2O2S/c1-15-9-7-8-14-24(15)22(26)19-17-12-5-6-13-18(17)27-21(19)23-20(25)16-10-3-2-4-11-16/h2-4,10-11,15H,5-9,12-14H2,1H3,(H,23,25)/t15-/m0/s1. The molecule has 4 nitrogen and oxygen atoms in total. The summed E-state index contributed by atoms with van der Waals surface area (Å²) in [6, 6.07) is 9.48.